The SMILES string of the molecule is CCCC1CCC(C(NN)C2CC(C)CC(C)C2)CC1. The standard InChI is InChI=1S/C18H36N2/c1-4-5-15-6-8-16(9-7-15)18(20-19)17-11-13(2)10-14(3)12-17/h13-18,20H,4-12,19H2,1-3H3. The van der Waals surface area contributed by atoms with Crippen molar-refractivity contribution in [2.24, 2.45) is 35.4 Å². The zero-order valence-electron chi connectivity index (χ0n) is 13.9. The monoisotopic (exact) mass is 280 g/mol. The van der Waals surface area contributed by atoms with E-state index in [2.05, 4.69) is 26.2 Å². The van der Waals surface area contributed by atoms with Gasteiger partial charge in [0.15, 0.2) is 0 Å². The molecule has 2 aliphatic rings. The van der Waals surface area contributed by atoms with Gasteiger partial charge in [0.1, 0.15) is 0 Å². The molecule has 2 nitrogen and oxygen atoms in total. The molecule has 0 amide bonds. The van der Waals surface area contributed by atoms with Gasteiger partial charge in [-0.2, -0.15) is 0 Å². The molecule has 0 aliphatic heterocycles. The Kier molecular flexibility index (Phi) is 6.35. The van der Waals surface area contributed by atoms with Crippen molar-refractivity contribution in [2.45, 2.75) is 84.6 Å². The quantitative estimate of drug-likeness (QED) is 0.575. The summed E-state index contributed by atoms with van der Waals surface area (Å²) in [7, 11) is 0. The average molecular weight is 280 g/mol. The maximum absolute atomic E-state index is 5.97. The Labute approximate surface area is 126 Å². The summed E-state index contributed by atoms with van der Waals surface area (Å²) >= 11 is 0. The fourth-order valence-corrected chi connectivity index (χ4v) is 5.20. The molecule has 0 radical (unpaired) electrons. The highest BCUT2D eigenvalue weighted by Gasteiger charge is 2.35. The van der Waals surface area contributed by atoms with Crippen molar-refractivity contribution < 1.29 is 0 Å². The summed E-state index contributed by atoms with van der Waals surface area (Å²) in [6, 6.07) is 0.572. The van der Waals surface area contributed by atoms with Crippen LogP contribution in [0.1, 0.15) is 78.6 Å². The number of nitrogens with two attached hydrogens (primary N) is 1. The maximum Gasteiger partial charge on any atom is 0.0267 e. The molecule has 3 atom stereocenters. The van der Waals surface area contributed by atoms with Crippen LogP contribution in [0.3, 0.4) is 0 Å². The Morgan fingerprint density at radius 1 is 0.950 bits per heavy atom. The van der Waals surface area contributed by atoms with Gasteiger partial charge < -0.3 is 0 Å². The first-order valence-corrected chi connectivity index (χ1v) is 9.10. The molecular formula is C18H36N2. The van der Waals surface area contributed by atoms with Crippen molar-refractivity contribution in [2.75, 3.05) is 0 Å². The lowest BCUT2D eigenvalue weighted by atomic mass is 9.67. The van der Waals surface area contributed by atoms with Crippen LogP contribution in [0, 0.1) is 29.6 Å². The Bertz CT molecular complexity index is 261. The van der Waals surface area contributed by atoms with Crippen molar-refractivity contribution in [3.05, 3.63) is 0 Å². The third-order valence-corrected chi connectivity index (χ3v) is 6.01. The number of hydrazine groups is 1. The molecule has 0 aromatic heterocycles. The van der Waals surface area contributed by atoms with Crippen molar-refractivity contribution >= 4 is 0 Å². The molecule has 0 heterocycles. The molecule has 118 valence electrons. The van der Waals surface area contributed by atoms with Crippen LogP contribution in [0.15, 0.2) is 0 Å². The van der Waals surface area contributed by atoms with Crippen molar-refractivity contribution in [3.8, 4) is 0 Å². The number of hydrogen-bond acceptors (Lipinski definition) is 2. The van der Waals surface area contributed by atoms with Crippen molar-refractivity contribution in [1.29, 1.82) is 0 Å². The predicted molar refractivity (Wildman–Crippen MR) is 87.1 cm³/mol. The van der Waals surface area contributed by atoms with E-state index in [4.69, 9.17) is 5.84 Å². The second-order valence-corrected chi connectivity index (χ2v) is 7.94. The highest BCUT2D eigenvalue weighted by Crippen LogP contribution is 2.41. The van der Waals surface area contributed by atoms with Gasteiger partial charge in [-0.25, -0.2) is 0 Å². The van der Waals surface area contributed by atoms with Gasteiger partial charge in [0, 0.05) is 6.04 Å². The lowest BCUT2D eigenvalue weighted by Gasteiger charge is -2.42. The Morgan fingerprint density at radius 3 is 2.05 bits per heavy atom. The first kappa shape index (κ1) is 16.3. The van der Waals surface area contributed by atoms with Gasteiger partial charge >= 0.3 is 0 Å². The molecule has 2 saturated carbocycles. The van der Waals surface area contributed by atoms with E-state index in [9.17, 15) is 0 Å². The molecule has 3 unspecified atom stereocenters. The lowest BCUT2D eigenvalue weighted by Crippen LogP contribution is -2.49. The molecule has 0 bridgehead atoms. The summed E-state index contributed by atoms with van der Waals surface area (Å²) in [5, 5.41) is 0. The van der Waals surface area contributed by atoms with Crippen molar-refractivity contribution in [3.63, 3.8) is 0 Å². The van der Waals surface area contributed by atoms with E-state index in [1.165, 1.54) is 57.8 Å². The fourth-order valence-electron chi connectivity index (χ4n) is 5.20. The molecule has 0 aromatic rings. The minimum absolute atomic E-state index is 0.572. The topological polar surface area (TPSA) is 38.0 Å². The summed E-state index contributed by atoms with van der Waals surface area (Å²) in [6.45, 7) is 7.17. The van der Waals surface area contributed by atoms with Gasteiger partial charge in [-0.15, -0.1) is 0 Å². The molecule has 0 aromatic carbocycles. The van der Waals surface area contributed by atoms with Crippen LogP contribution in [-0.4, -0.2) is 6.04 Å². The van der Waals surface area contributed by atoms with Gasteiger partial charge in [-0.3, -0.25) is 11.3 Å². The zero-order valence-corrected chi connectivity index (χ0v) is 13.9. The summed E-state index contributed by atoms with van der Waals surface area (Å²) in [6.07, 6.45) is 12.6. The zero-order chi connectivity index (χ0) is 14.5. The van der Waals surface area contributed by atoms with Gasteiger partial charge in [0.25, 0.3) is 0 Å². The Hall–Kier alpha value is -0.0800. The molecule has 2 fully saturated rings. The van der Waals surface area contributed by atoms with E-state index in [1.807, 2.05) is 0 Å². The second-order valence-electron chi connectivity index (χ2n) is 7.94. The Morgan fingerprint density at radius 2 is 1.55 bits per heavy atom. The number of rotatable bonds is 5. The summed E-state index contributed by atoms with van der Waals surface area (Å²) < 4.78 is 0. The lowest BCUT2D eigenvalue weighted by molar-refractivity contribution is 0.114. The summed E-state index contributed by atoms with van der Waals surface area (Å²) in [4.78, 5) is 0. The van der Waals surface area contributed by atoms with E-state index in [0.717, 1.165) is 29.6 Å². The molecule has 2 aliphatic carbocycles. The molecule has 20 heavy (non-hydrogen) atoms. The smallest absolute Gasteiger partial charge is 0.0267 e. The van der Waals surface area contributed by atoms with E-state index < -0.39 is 0 Å². The average Bonchev–Trinajstić information content (AvgIpc) is 2.41. The molecule has 3 N–H and O–H groups in total. The van der Waals surface area contributed by atoms with Crippen LogP contribution in [0.5, 0.6) is 0 Å². The third kappa shape index (κ3) is 4.21. The van der Waals surface area contributed by atoms with Crippen molar-refractivity contribution in [1.82, 2.24) is 5.43 Å². The van der Waals surface area contributed by atoms with E-state index in [-0.39, 0.29) is 0 Å². The number of hydrogen-bond donors (Lipinski definition) is 2. The first-order chi connectivity index (χ1) is 9.63. The highest BCUT2D eigenvalue weighted by molar-refractivity contribution is 4.89. The first-order valence-electron chi connectivity index (χ1n) is 9.10. The van der Waals surface area contributed by atoms with Crippen LogP contribution in [0.2, 0.25) is 0 Å². The summed E-state index contributed by atoms with van der Waals surface area (Å²) in [5.41, 5.74) is 3.23. The molecule has 0 spiro atoms. The highest BCUT2D eigenvalue weighted by atomic mass is 15.2. The molecule has 2 rings (SSSR count). The fraction of sp³-hybridized carbons (Fsp3) is 1.00. The largest absolute Gasteiger partial charge is 0.271 e. The van der Waals surface area contributed by atoms with Crippen LogP contribution in [0.4, 0.5) is 0 Å². The normalized spacial score (nSPS) is 40.5. The second kappa shape index (κ2) is 7.79. The van der Waals surface area contributed by atoms with Crippen LogP contribution in [0.25, 0.3) is 0 Å². The molecule has 2 heteroatoms. The van der Waals surface area contributed by atoms with Gasteiger partial charge in [0.05, 0.1) is 0 Å². The predicted octanol–water partition coefficient (Wildman–Crippen LogP) is 4.50. The minimum Gasteiger partial charge on any atom is -0.271 e. The van der Waals surface area contributed by atoms with E-state index in [1.54, 1.807) is 0 Å². The third-order valence-electron chi connectivity index (χ3n) is 6.01. The van der Waals surface area contributed by atoms with Crippen LogP contribution < -0.4 is 11.3 Å². The van der Waals surface area contributed by atoms with Gasteiger partial charge in [-0.1, -0.05) is 46.5 Å². The van der Waals surface area contributed by atoms with Crippen LogP contribution in [-0.2, 0) is 0 Å². The molecular weight excluding hydrogens is 244 g/mol. The summed E-state index contributed by atoms with van der Waals surface area (Å²) in [5.74, 6) is 10.4. The maximum atomic E-state index is 5.97. The van der Waals surface area contributed by atoms with Crippen LogP contribution >= 0.6 is 0 Å². The van der Waals surface area contributed by atoms with E-state index >= 15 is 0 Å². The Balaban J connectivity index is 1.88. The number of nitrogens with one attached hydrogen (secondary N) is 1. The van der Waals surface area contributed by atoms with Gasteiger partial charge in [0.2, 0.25) is 0 Å². The minimum atomic E-state index is 0.572. The van der Waals surface area contributed by atoms with E-state index in [0.29, 0.717) is 6.04 Å². The van der Waals surface area contributed by atoms with Gasteiger partial charge in [-0.05, 0) is 61.7 Å². The molecule has 0 saturated heterocycles.